The Labute approximate surface area is 71.6 Å². The maximum atomic E-state index is 8.75. The lowest BCUT2D eigenvalue weighted by Crippen LogP contribution is -1.86. The van der Waals surface area contributed by atoms with Gasteiger partial charge in [0, 0.05) is 6.20 Å². The molecule has 62 valence electrons. The normalized spacial score (nSPS) is 18.2. The molecule has 0 spiro atoms. The summed E-state index contributed by atoms with van der Waals surface area (Å²) in [5.41, 5.74) is 3.57. The smallest absolute Gasteiger partial charge is 0.0691 e. The van der Waals surface area contributed by atoms with Crippen LogP contribution < -0.4 is 0 Å². The van der Waals surface area contributed by atoms with E-state index in [9.17, 15) is 0 Å². The topological polar surface area (TPSA) is 33.1 Å². The standard InChI is InChI=1S/C10H11NO/c12-7-5-9-4-3-8-2-1-6-11-10(8)9/h1-2,5-6,12H,3-4,7H2/b9-5+. The van der Waals surface area contributed by atoms with E-state index in [1.165, 1.54) is 11.1 Å². The highest BCUT2D eigenvalue weighted by Gasteiger charge is 2.15. The number of aryl methyl sites for hydroxylation is 1. The van der Waals surface area contributed by atoms with Gasteiger partial charge in [0.2, 0.25) is 0 Å². The number of rotatable bonds is 1. The Morgan fingerprint density at radius 2 is 2.42 bits per heavy atom. The summed E-state index contributed by atoms with van der Waals surface area (Å²) in [6, 6.07) is 4.06. The van der Waals surface area contributed by atoms with E-state index in [4.69, 9.17) is 5.11 Å². The van der Waals surface area contributed by atoms with Crippen molar-refractivity contribution < 1.29 is 5.11 Å². The largest absolute Gasteiger partial charge is 0.392 e. The third-order valence-electron chi connectivity index (χ3n) is 2.20. The van der Waals surface area contributed by atoms with E-state index in [0.717, 1.165) is 18.5 Å². The summed E-state index contributed by atoms with van der Waals surface area (Å²) in [6.45, 7) is 0.116. The lowest BCUT2D eigenvalue weighted by atomic mass is 10.2. The quantitative estimate of drug-likeness (QED) is 0.675. The van der Waals surface area contributed by atoms with E-state index >= 15 is 0 Å². The lowest BCUT2D eigenvalue weighted by Gasteiger charge is -1.97. The molecule has 1 aliphatic carbocycles. The molecule has 1 heterocycles. The van der Waals surface area contributed by atoms with E-state index in [2.05, 4.69) is 11.1 Å². The van der Waals surface area contributed by atoms with Gasteiger partial charge in [0.05, 0.1) is 12.3 Å². The monoisotopic (exact) mass is 161 g/mol. The van der Waals surface area contributed by atoms with Gasteiger partial charge < -0.3 is 5.11 Å². The van der Waals surface area contributed by atoms with Crippen LogP contribution in [0.4, 0.5) is 0 Å². The molecular weight excluding hydrogens is 150 g/mol. The molecule has 0 radical (unpaired) electrons. The van der Waals surface area contributed by atoms with Crippen molar-refractivity contribution in [2.45, 2.75) is 12.8 Å². The molecule has 0 amide bonds. The fourth-order valence-electron chi connectivity index (χ4n) is 1.63. The van der Waals surface area contributed by atoms with Crippen LogP contribution in [-0.4, -0.2) is 16.7 Å². The summed E-state index contributed by atoms with van der Waals surface area (Å²) in [7, 11) is 0. The number of hydrogen-bond acceptors (Lipinski definition) is 2. The van der Waals surface area contributed by atoms with Gasteiger partial charge in [-0.15, -0.1) is 0 Å². The van der Waals surface area contributed by atoms with Crippen LogP contribution in [0.1, 0.15) is 17.7 Å². The second-order valence-electron chi connectivity index (χ2n) is 2.92. The van der Waals surface area contributed by atoms with Crippen LogP contribution in [0.15, 0.2) is 24.4 Å². The van der Waals surface area contributed by atoms with Crippen molar-refractivity contribution in [3.05, 3.63) is 35.7 Å². The number of hydrogen-bond donors (Lipinski definition) is 1. The minimum Gasteiger partial charge on any atom is -0.392 e. The summed E-state index contributed by atoms with van der Waals surface area (Å²) in [4.78, 5) is 4.28. The van der Waals surface area contributed by atoms with E-state index in [1.807, 2.05) is 12.1 Å². The number of pyridine rings is 1. The van der Waals surface area contributed by atoms with E-state index in [0.29, 0.717) is 0 Å². The minimum atomic E-state index is 0.116. The zero-order valence-corrected chi connectivity index (χ0v) is 6.83. The minimum absolute atomic E-state index is 0.116. The van der Waals surface area contributed by atoms with Crippen molar-refractivity contribution in [2.75, 3.05) is 6.61 Å². The number of allylic oxidation sites excluding steroid dienone is 1. The van der Waals surface area contributed by atoms with Crippen molar-refractivity contribution >= 4 is 5.57 Å². The van der Waals surface area contributed by atoms with Crippen LogP contribution in [0.25, 0.3) is 5.57 Å². The molecule has 1 aromatic rings. The van der Waals surface area contributed by atoms with Crippen LogP contribution in [0.5, 0.6) is 0 Å². The van der Waals surface area contributed by atoms with Gasteiger partial charge in [-0.25, -0.2) is 0 Å². The van der Waals surface area contributed by atoms with E-state index < -0.39 is 0 Å². The van der Waals surface area contributed by atoms with Gasteiger partial charge in [-0.3, -0.25) is 4.98 Å². The van der Waals surface area contributed by atoms with Gasteiger partial charge in [-0.1, -0.05) is 12.1 Å². The molecule has 0 atom stereocenters. The van der Waals surface area contributed by atoms with Gasteiger partial charge in [0.1, 0.15) is 0 Å². The molecule has 0 aliphatic heterocycles. The van der Waals surface area contributed by atoms with Crippen LogP contribution in [0.3, 0.4) is 0 Å². The zero-order chi connectivity index (χ0) is 8.39. The maximum Gasteiger partial charge on any atom is 0.0691 e. The fraction of sp³-hybridized carbons (Fsp3) is 0.300. The second kappa shape index (κ2) is 3.07. The first-order valence-electron chi connectivity index (χ1n) is 4.16. The zero-order valence-electron chi connectivity index (χ0n) is 6.83. The van der Waals surface area contributed by atoms with E-state index in [-0.39, 0.29) is 6.61 Å². The number of nitrogens with zero attached hydrogens (tertiary/aromatic N) is 1. The highest BCUT2D eigenvalue weighted by Crippen LogP contribution is 2.29. The second-order valence-corrected chi connectivity index (χ2v) is 2.92. The third kappa shape index (κ3) is 1.14. The van der Waals surface area contributed by atoms with Crippen molar-refractivity contribution in [1.82, 2.24) is 4.98 Å². The van der Waals surface area contributed by atoms with Gasteiger partial charge in [0.15, 0.2) is 0 Å². The number of aliphatic hydroxyl groups excluding tert-OH is 1. The summed E-state index contributed by atoms with van der Waals surface area (Å²) < 4.78 is 0. The average Bonchev–Trinajstić information content (AvgIpc) is 2.50. The van der Waals surface area contributed by atoms with Crippen LogP contribution in [0, 0.1) is 0 Å². The molecule has 0 bridgehead atoms. The third-order valence-corrected chi connectivity index (χ3v) is 2.20. The summed E-state index contributed by atoms with van der Waals surface area (Å²) in [5.74, 6) is 0. The molecule has 2 heteroatoms. The van der Waals surface area contributed by atoms with Crippen molar-refractivity contribution in [3.8, 4) is 0 Å². The summed E-state index contributed by atoms with van der Waals surface area (Å²) in [6.07, 6.45) is 5.73. The van der Waals surface area contributed by atoms with Gasteiger partial charge in [-0.2, -0.15) is 0 Å². The molecule has 2 nitrogen and oxygen atoms in total. The predicted molar refractivity (Wildman–Crippen MR) is 47.6 cm³/mol. The van der Waals surface area contributed by atoms with Crippen LogP contribution >= 0.6 is 0 Å². The predicted octanol–water partition coefficient (Wildman–Crippen LogP) is 1.40. The first-order valence-corrected chi connectivity index (χ1v) is 4.16. The first-order chi connectivity index (χ1) is 5.92. The molecule has 0 saturated heterocycles. The molecule has 1 aromatic heterocycles. The Morgan fingerprint density at radius 1 is 1.50 bits per heavy atom. The molecule has 2 rings (SSSR count). The van der Waals surface area contributed by atoms with E-state index in [1.54, 1.807) is 6.20 Å². The molecule has 1 N–H and O–H groups in total. The number of fused-ring (bicyclic) bond motifs is 1. The Balaban J connectivity index is 2.43. The SMILES string of the molecule is OC/C=C1\CCc2cccnc21. The van der Waals surface area contributed by atoms with Crippen molar-refractivity contribution in [3.63, 3.8) is 0 Å². The Bertz CT molecular complexity index is 317. The highest BCUT2D eigenvalue weighted by atomic mass is 16.2. The molecule has 1 aliphatic rings. The molecule has 0 unspecified atom stereocenters. The number of aliphatic hydroxyl groups is 1. The van der Waals surface area contributed by atoms with Gasteiger partial charge >= 0.3 is 0 Å². The van der Waals surface area contributed by atoms with Crippen molar-refractivity contribution in [1.29, 1.82) is 0 Å². The van der Waals surface area contributed by atoms with Gasteiger partial charge in [-0.05, 0) is 30.0 Å². The summed E-state index contributed by atoms with van der Waals surface area (Å²) >= 11 is 0. The maximum absolute atomic E-state index is 8.75. The molecule has 12 heavy (non-hydrogen) atoms. The molecule has 0 fully saturated rings. The molecule has 0 aromatic carbocycles. The molecule has 0 saturated carbocycles. The Kier molecular flexibility index (Phi) is 1.92. The average molecular weight is 161 g/mol. The van der Waals surface area contributed by atoms with Crippen molar-refractivity contribution in [2.24, 2.45) is 0 Å². The van der Waals surface area contributed by atoms with Gasteiger partial charge in [0.25, 0.3) is 0 Å². The highest BCUT2D eigenvalue weighted by molar-refractivity contribution is 5.69. The number of aromatic nitrogens is 1. The Morgan fingerprint density at radius 3 is 3.25 bits per heavy atom. The summed E-state index contributed by atoms with van der Waals surface area (Å²) in [5, 5.41) is 8.75. The van der Waals surface area contributed by atoms with Crippen LogP contribution in [-0.2, 0) is 6.42 Å². The molecular formula is C10H11NO. The van der Waals surface area contributed by atoms with Crippen LogP contribution in [0.2, 0.25) is 0 Å². The fourth-order valence-corrected chi connectivity index (χ4v) is 1.63. The lowest BCUT2D eigenvalue weighted by molar-refractivity contribution is 0.343. The first kappa shape index (κ1) is 7.50. The Hall–Kier alpha value is -1.15.